The van der Waals surface area contributed by atoms with E-state index in [1.807, 2.05) is 6.92 Å². The highest BCUT2D eigenvalue weighted by Crippen LogP contribution is 2.26. The molecular formula is C9H18O3S. The maximum Gasteiger partial charge on any atom is 0.150 e. The van der Waals surface area contributed by atoms with Crippen LogP contribution in [0.1, 0.15) is 26.2 Å². The van der Waals surface area contributed by atoms with Gasteiger partial charge in [-0.15, -0.1) is 0 Å². The van der Waals surface area contributed by atoms with Gasteiger partial charge in [0, 0.05) is 6.61 Å². The Bertz CT molecular complexity index is 246. The topological polar surface area (TPSA) is 54.4 Å². The van der Waals surface area contributed by atoms with Crippen molar-refractivity contribution in [2.75, 3.05) is 18.1 Å². The SMILES string of the molecule is CC(CCO)C1CCCS(=O)(=O)C1. The van der Waals surface area contributed by atoms with E-state index in [9.17, 15) is 8.42 Å². The Balaban J connectivity index is 2.51. The highest BCUT2D eigenvalue weighted by atomic mass is 32.2. The van der Waals surface area contributed by atoms with Crippen LogP contribution in [0.3, 0.4) is 0 Å². The molecule has 1 fully saturated rings. The molecule has 13 heavy (non-hydrogen) atoms. The van der Waals surface area contributed by atoms with E-state index in [0.717, 1.165) is 19.3 Å². The first-order valence-corrected chi connectivity index (χ1v) is 6.68. The van der Waals surface area contributed by atoms with Gasteiger partial charge in [-0.25, -0.2) is 8.42 Å². The maximum atomic E-state index is 11.3. The monoisotopic (exact) mass is 206 g/mol. The predicted molar refractivity (Wildman–Crippen MR) is 52.2 cm³/mol. The van der Waals surface area contributed by atoms with Gasteiger partial charge in [0.1, 0.15) is 0 Å². The molecule has 0 aliphatic carbocycles. The Morgan fingerprint density at radius 2 is 2.23 bits per heavy atom. The largest absolute Gasteiger partial charge is 0.396 e. The van der Waals surface area contributed by atoms with Gasteiger partial charge in [0.05, 0.1) is 11.5 Å². The van der Waals surface area contributed by atoms with E-state index in [-0.39, 0.29) is 12.5 Å². The zero-order chi connectivity index (χ0) is 9.90. The third kappa shape index (κ3) is 3.27. The predicted octanol–water partition coefficient (Wildman–Crippen LogP) is 0.830. The van der Waals surface area contributed by atoms with E-state index < -0.39 is 9.84 Å². The number of rotatable bonds is 3. The number of sulfone groups is 1. The van der Waals surface area contributed by atoms with Gasteiger partial charge < -0.3 is 5.11 Å². The fraction of sp³-hybridized carbons (Fsp3) is 1.00. The average molecular weight is 206 g/mol. The Morgan fingerprint density at radius 1 is 1.54 bits per heavy atom. The van der Waals surface area contributed by atoms with Gasteiger partial charge in [0.2, 0.25) is 0 Å². The highest BCUT2D eigenvalue weighted by molar-refractivity contribution is 7.91. The molecule has 2 unspecified atom stereocenters. The summed E-state index contributed by atoms with van der Waals surface area (Å²) in [7, 11) is -2.78. The van der Waals surface area contributed by atoms with Gasteiger partial charge in [0.15, 0.2) is 9.84 Å². The standard InChI is InChI=1S/C9H18O3S/c1-8(4-5-10)9-3-2-6-13(11,12)7-9/h8-10H,2-7H2,1H3. The van der Waals surface area contributed by atoms with Crippen LogP contribution < -0.4 is 0 Å². The quantitative estimate of drug-likeness (QED) is 0.744. The molecule has 0 aromatic heterocycles. The van der Waals surface area contributed by atoms with Crippen LogP contribution in [-0.2, 0) is 9.84 Å². The van der Waals surface area contributed by atoms with E-state index in [0.29, 0.717) is 17.4 Å². The van der Waals surface area contributed by atoms with Crippen molar-refractivity contribution in [2.45, 2.75) is 26.2 Å². The van der Waals surface area contributed by atoms with Crippen molar-refractivity contribution in [3.63, 3.8) is 0 Å². The Morgan fingerprint density at radius 3 is 2.77 bits per heavy atom. The van der Waals surface area contributed by atoms with Crippen LogP contribution in [0, 0.1) is 11.8 Å². The van der Waals surface area contributed by atoms with E-state index in [1.165, 1.54) is 0 Å². The Kier molecular flexibility index (Phi) is 3.74. The molecule has 78 valence electrons. The number of hydrogen-bond acceptors (Lipinski definition) is 3. The summed E-state index contributed by atoms with van der Waals surface area (Å²) >= 11 is 0. The molecule has 0 aromatic carbocycles. The van der Waals surface area contributed by atoms with Crippen LogP contribution in [0.15, 0.2) is 0 Å². The number of aliphatic hydroxyl groups excluding tert-OH is 1. The summed E-state index contributed by atoms with van der Waals surface area (Å²) in [5.74, 6) is 1.29. The first-order valence-electron chi connectivity index (χ1n) is 4.86. The molecule has 0 spiro atoms. The van der Waals surface area contributed by atoms with Crippen molar-refractivity contribution < 1.29 is 13.5 Å². The lowest BCUT2D eigenvalue weighted by Gasteiger charge is -2.26. The van der Waals surface area contributed by atoms with Gasteiger partial charge in [-0.2, -0.15) is 0 Å². The van der Waals surface area contributed by atoms with Crippen molar-refractivity contribution in [2.24, 2.45) is 11.8 Å². The summed E-state index contributed by atoms with van der Waals surface area (Å²) in [6.45, 7) is 2.19. The summed E-state index contributed by atoms with van der Waals surface area (Å²) in [5.41, 5.74) is 0. The molecule has 2 atom stereocenters. The Labute approximate surface area is 80.1 Å². The lowest BCUT2D eigenvalue weighted by atomic mass is 9.89. The molecule has 0 amide bonds. The van der Waals surface area contributed by atoms with E-state index in [4.69, 9.17) is 5.11 Å². The molecular weight excluding hydrogens is 188 g/mol. The fourth-order valence-electron chi connectivity index (χ4n) is 1.95. The number of aliphatic hydroxyl groups is 1. The second-order valence-corrected chi connectivity index (χ2v) is 6.23. The zero-order valence-electron chi connectivity index (χ0n) is 8.07. The van der Waals surface area contributed by atoms with Gasteiger partial charge in [-0.1, -0.05) is 6.92 Å². The minimum absolute atomic E-state index is 0.164. The molecule has 4 heteroatoms. The molecule has 1 aliphatic heterocycles. The summed E-state index contributed by atoms with van der Waals surface area (Å²) in [4.78, 5) is 0. The van der Waals surface area contributed by atoms with Crippen molar-refractivity contribution >= 4 is 9.84 Å². The summed E-state index contributed by atoms with van der Waals surface area (Å²) in [5, 5.41) is 8.75. The summed E-state index contributed by atoms with van der Waals surface area (Å²) in [6, 6.07) is 0. The van der Waals surface area contributed by atoms with Crippen molar-refractivity contribution in [1.29, 1.82) is 0 Å². The molecule has 1 aliphatic rings. The molecule has 0 radical (unpaired) electrons. The van der Waals surface area contributed by atoms with E-state index in [1.54, 1.807) is 0 Å². The first kappa shape index (κ1) is 11.0. The lowest BCUT2D eigenvalue weighted by Crippen LogP contribution is -2.29. The average Bonchev–Trinajstić information content (AvgIpc) is 2.03. The smallest absolute Gasteiger partial charge is 0.150 e. The third-order valence-corrected chi connectivity index (χ3v) is 4.73. The second kappa shape index (κ2) is 4.42. The van der Waals surface area contributed by atoms with E-state index in [2.05, 4.69) is 0 Å². The minimum Gasteiger partial charge on any atom is -0.396 e. The van der Waals surface area contributed by atoms with Gasteiger partial charge in [0.25, 0.3) is 0 Å². The van der Waals surface area contributed by atoms with Crippen LogP contribution in [0.25, 0.3) is 0 Å². The zero-order valence-corrected chi connectivity index (χ0v) is 8.89. The summed E-state index contributed by atoms with van der Waals surface area (Å²) in [6.07, 6.45) is 2.52. The van der Waals surface area contributed by atoms with Gasteiger partial charge >= 0.3 is 0 Å². The maximum absolute atomic E-state index is 11.3. The van der Waals surface area contributed by atoms with Crippen molar-refractivity contribution in [1.82, 2.24) is 0 Å². The molecule has 1 saturated heterocycles. The third-order valence-electron chi connectivity index (χ3n) is 2.89. The normalized spacial score (nSPS) is 29.8. The van der Waals surface area contributed by atoms with Gasteiger partial charge in [-0.05, 0) is 31.1 Å². The van der Waals surface area contributed by atoms with Crippen LogP contribution in [0.5, 0.6) is 0 Å². The van der Waals surface area contributed by atoms with Crippen LogP contribution in [0.4, 0.5) is 0 Å². The second-order valence-electron chi connectivity index (χ2n) is 4.01. The molecule has 0 saturated carbocycles. The fourth-order valence-corrected chi connectivity index (χ4v) is 3.87. The molecule has 0 bridgehead atoms. The lowest BCUT2D eigenvalue weighted by molar-refractivity contribution is 0.229. The van der Waals surface area contributed by atoms with Crippen LogP contribution >= 0.6 is 0 Å². The molecule has 0 aromatic rings. The molecule has 1 N–H and O–H groups in total. The van der Waals surface area contributed by atoms with Crippen LogP contribution in [0.2, 0.25) is 0 Å². The minimum atomic E-state index is -2.78. The van der Waals surface area contributed by atoms with Crippen LogP contribution in [-0.4, -0.2) is 31.6 Å². The summed E-state index contributed by atoms with van der Waals surface area (Å²) < 4.78 is 22.6. The Hall–Kier alpha value is -0.0900. The number of hydrogen-bond donors (Lipinski definition) is 1. The molecule has 1 rings (SSSR count). The molecule has 1 heterocycles. The highest BCUT2D eigenvalue weighted by Gasteiger charge is 2.28. The van der Waals surface area contributed by atoms with Crippen molar-refractivity contribution in [3.05, 3.63) is 0 Å². The molecule has 3 nitrogen and oxygen atoms in total. The van der Waals surface area contributed by atoms with Gasteiger partial charge in [-0.3, -0.25) is 0 Å². The first-order chi connectivity index (χ1) is 6.05. The van der Waals surface area contributed by atoms with Crippen molar-refractivity contribution in [3.8, 4) is 0 Å². The van der Waals surface area contributed by atoms with E-state index >= 15 is 0 Å².